The number of aliphatic hydroxyl groups excluding tert-OH is 1. The van der Waals surface area contributed by atoms with Crippen LogP contribution in [0.2, 0.25) is 0 Å². The third-order valence-electron chi connectivity index (χ3n) is 4.43. The maximum atomic E-state index is 9.57. The number of rotatable bonds is 16. The van der Waals surface area contributed by atoms with Crippen LogP contribution >= 0.6 is 23.5 Å². The third kappa shape index (κ3) is 11.1. The minimum Gasteiger partial charge on any atom is -0.395 e. The van der Waals surface area contributed by atoms with Crippen LogP contribution in [0.4, 0.5) is 0 Å². The quantitative estimate of drug-likeness (QED) is 0.364. The summed E-state index contributed by atoms with van der Waals surface area (Å²) < 4.78 is 0. The highest BCUT2D eigenvalue weighted by atomic mass is 32.2. The van der Waals surface area contributed by atoms with Crippen molar-refractivity contribution < 1.29 is 5.11 Å². The molecule has 0 aliphatic carbocycles. The summed E-state index contributed by atoms with van der Waals surface area (Å²) in [5.41, 5.74) is 2.77. The van der Waals surface area contributed by atoms with Gasteiger partial charge >= 0.3 is 0 Å². The number of benzene rings is 2. The number of aliphatic hydroxyl groups is 1. The molecule has 1 unspecified atom stereocenters. The zero-order valence-corrected chi connectivity index (χ0v) is 18.3. The SMILES string of the molecule is OCC(CSCCNCCc1ccccc1)SCCNCCc1ccccc1. The van der Waals surface area contributed by atoms with Gasteiger partial charge in [-0.3, -0.25) is 0 Å². The van der Waals surface area contributed by atoms with Gasteiger partial charge in [-0.25, -0.2) is 0 Å². The van der Waals surface area contributed by atoms with E-state index in [-0.39, 0.29) is 6.61 Å². The third-order valence-corrected chi connectivity index (χ3v) is 7.00. The molecule has 5 heteroatoms. The lowest BCUT2D eigenvalue weighted by Gasteiger charge is -2.14. The largest absolute Gasteiger partial charge is 0.395 e. The highest BCUT2D eigenvalue weighted by Crippen LogP contribution is 2.15. The maximum absolute atomic E-state index is 9.57. The van der Waals surface area contributed by atoms with E-state index in [0.717, 1.165) is 56.3 Å². The van der Waals surface area contributed by atoms with E-state index >= 15 is 0 Å². The average Bonchev–Trinajstić information content (AvgIpc) is 2.75. The molecular formula is C23H34N2OS2. The Kier molecular flexibility index (Phi) is 13.2. The lowest BCUT2D eigenvalue weighted by atomic mass is 10.1. The first-order valence-electron chi connectivity index (χ1n) is 10.2. The van der Waals surface area contributed by atoms with Crippen LogP contribution in [0.15, 0.2) is 60.7 Å². The van der Waals surface area contributed by atoms with E-state index in [1.807, 2.05) is 23.5 Å². The fourth-order valence-corrected chi connectivity index (χ4v) is 5.01. The fourth-order valence-electron chi connectivity index (χ4n) is 2.82. The Bertz CT molecular complexity index is 598. The van der Waals surface area contributed by atoms with Crippen LogP contribution in [0, 0.1) is 0 Å². The predicted molar refractivity (Wildman–Crippen MR) is 127 cm³/mol. The van der Waals surface area contributed by atoms with E-state index < -0.39 is 0 Å². The highest BCUT2D eigenvalue weighted by Gasteiger charge is 2.07. The minimum atomic E-state index is 0.267. The molecule has 0 bridgehead atoms. The highest BCUT2D eigenvalue weighted by molar-refractivity contribution is 8.03. The van der Waals surface area contributed by atoms with Gasteiger partial charge in [0.05, 0.1) is 6.61 Å². The second-order valence-corrected chi connectivity index (χ2v) is 9.28. The second-order valence-electron chi connectivity index (χ2n) is 6.72. The molecule has 3 nitrogen and oxygen atoms in total. The summed E-state index contributed by atoms with van der Waals surface area (Å²) in [6.45, 7) is 4.33. The first kappa shape index (κ1) is 23.3. The van der Waals surface area contributed by atoms with Gasteiger partial charge in [0.15, 0.2) is 0 Å². The van der Waals surface area contributed by atoms with E-state index in [4.69, 9.17) is 0 Å². The van der Waals surface area contributed by atoms with Crippen LogP contribution in [0.5, 0.6) is 0 Å². The fraction of sp³-hybridized carbons (Fsp3) is 0.478. The number of hydrogen-bond acceptors (Lipinski definition) is 5. The van der Waals surface area contributed by atoms with Crippen molar-refractivity contribution in [1.29, 1.82) is 0 Å². The molecule has 2 rings (SSSR count). The van der Waals surface area contributed by atoms with Crippen molar-refractivity contribution >= 4 is 23.5 Å². The molecule has 0 aliphatic rings. The normalized spacial score (nSPS) is 12.2. The van der Waals surface area contributed by atoms with Gasteiger partial charge in [0.1, 0.15) is 0 Å². The standard InChI is InChI=1S/C23H34N2OS2/c26-19-23(28-18-16-25-14-12-22-9-5-2-6-10-22)20-27-17-15-24-13-11-21-7-3-1-4-8-21/h1-10,23-26H,11-20H2. The first-order chi connectivity index (χ1) is 13.9. The lowest BCUT2D eigenvalue weighted by Crippen LogP contribution is -2.23. The molecule has 1 atom stereocenters. The van der Waals surface area contributed by atoms with Crippen molar-refractivity contribution in [1.82, 2.24) is 10.6 Å². The zero-order valence-electron chi connectivity index (χ0n) is 16.7. The average molecular weight is 419 g/mol. The van der Waals surface area contributed by atoms with Gasteiger partial charge in [0, 0.05) is 35.6 Å². The number of thioether (sulfide) groups is 2. The van der Waals surface area contributed by atoms with Crippen molar-refractivity contribution in [2.24, 2.45) is 0 Å². The van der Waals surface area contributed by atoms with E-state index in [9.17, 15) is 5.11 Å². The van der Waals surface area contributed by atoms with Crippen molar-refractivity contribution in [3.63, 3.8) is 0 Å². The maximum Gasteiger partial charge on any atom is 0.0558 e. The molecule has 0 spiro atoms. The molecule has 2 aromatic carbocycles. The van der Waals surface area contributed by atoms with Gasteiger partial charge in [0.25, 0.3) is 0 Å². The second kappa shape index (κ2) is 15.9. The molecule has 154 valence electrons. The summed E-state index contributed by atoms with van der Waals surface area (Å²) in [5, 5.41) is 16.9. The van der Waals surface area contributed by atoms with Crippen LogP contribution < -0.4 is 10.6 Å². The summed E-state index contributed by atoms with van der Waals surface area (Å²) in [5.74, 6) is 3.17. The molecule has 0 heterocycles. The molecule has 0 radical (unpaired) electrons. The lowest BCUT2D eigenvalue weighted by molar-refractivity contribution is 0.301. The van der Waals surface area contributed by atoms with Crippen LogP contribution in [-0.2, 0) is 12.8 Å². The molecule has 0 saturated heterocycles. The Morgan fingerprint density at radius 2 is 1.25 bits per heavy atom. The number of hydrogen-bond donors (Lipinski definition) is 3. The van der Waals surface area contributed by atoms with Crippen molar-refractivity contribution in [3.8, 4) is 0 Å². The topological polar surface area (TPSA) is 44.3 Å². The minimum absolute atomic E-state index is 0.267. The van der Waals surface area contributed by atoms with Crippen molar-refractivity contribution in [3.05, 3.63) is 71.8 Å². The van der Waals surface area contributed by atoms with Crippen LogP contribution in [0.1, 0.15) is 11.1 Å². The van der Waals surface area contributed by atoms with Gasteiger partial charge in [0.2, 0.25) is 0 Å². The van der Waals surface area contributed by atoms with Gasteiger partial charge < -0.3 is 15.7 Å². The molecule has 2 aromatic rings. The summed E-state index contributed by atoms with van der Waals surface area (Å²) in [6.07, 6.45) is 2.15. The van der Waals surface area contributed by atoms with Crippen LogP contribution in [-0.4, -0.2) is 60.4 Å². The predicted octanol–water partition coefficient (Wildman–Crippen LogP) is 3.48. The van der Waals surface area contributed by atoms with E-state index in [1.165, 1.54) is 11.1 Å². The Labute approximate surface area is 179 Å². The molecule has 3 N–H and O–H groups in total. The monoisotopic (exact) mass is 418 g/mol. The molecule has 0 aliphatic heterocycles. The van der Waals surface area contributed by atoms with Crippen molar-refractivity contribution in [2.75, 3.05) is 50.0 Å². The Morgan fingerprint density at radius 3 is 1.79 bits per heavy atom. The van der Waals surface area contributed by atoms with Gasteiger partial charge in [-0.15, -0.1) is 0 Å². The molecule has 28 heavy (non-hydrogen) atoms. The summed E-state index contributed by atoms with van der Waals surface area (Å²) in [4.78, 5) is 0. The van der Waals surface area contributed by atoms with E-state index in [2.05, 4.69) is 71.3 Å². The van der Waals surface area contributed by atoms with Gasteiger partial charge in [-0.2, -0.15) is 23.5 Å². The van der Waals surface area contributed by atoms with E-state index in [1.54, 1.807) is 0 Å². The molecule has 0 aromatic heterocycles. The smallest absolute Gasteiger partial charge is 0.0558 e. The van der Waals surface area contributed by atoms with Crippen LogP contribution in [0.3, 0.4) is 0 Å². The molecule has 0 amide bonds. The van der Waals surface area contributed by atoms with E-state index in [0.29, 0.717) is 5.25 Å². The Hall–Kier alpha value is -0.980. The van der Waals surface area contributed by atoms with Gasteiger partial charge in [-0.1, -0.05) is 60.7 Å². The molecule has 0 saturated carbocycles. The Balaban J connectivity index is 1.40. The van der Waals surface area contributed by atoms with Crippen LogP contribution in [0.25, 0.3) is 0 Å². The number of nitrogens with one attached hydrogen (secondary N) is 2. The first-order valence-corrected chi connectivity index (χ1v) is 12.4. The summed E-state index contributed by atoms with van der Waals surface area (Å²) in [6, 6.07) is 21.2. The molecular weight excluding hydrogens is 384 g/mol. The summed E-state index contributed by atoms with van der Waals surface area (Å²) in [7, 11) is 0. The zero-order chi connectivity index (χ0) is 19.7. The van der Waals surface area contributed by atoms with Crippen molar-refractivity contribution in [2.45, 2.75) is 18.1 Å². The molecule has 0 fully saturated rings. The van der Waals surface area contributed by atoms with Gasteiger partial charge in [-0.05, 0) is 37.1 Å². The Morgan fingerprint density at radius 1 is 0.714 bits per heavy atom. The summed E-state index contributed by atoms with van der Waals surface area (Å²) >= 11 is 3.81.